The Bertz CT molecular complexity index is 1960. The zero-order valence-electron chi connectivity index (χ0n) is 36.4. The van der Waals surface area contributed by atoms with Gasteiger partial charge in [0.25, 0.3) is 0 Å². The Morgan fingerprint density at radius 2 is 0.948 bits per heavy atom. The van der Waals surface area contributed by atoms with Gasteiger partial charge in [-0.3, -0.25) is 19.6 Å². The van der Waals surface area contributed by atoms with Gasteiger partial charge in [0.15, 0.2) is 11.6 Å². The van der Waals surface area contributed by atoms with Gasteiger partial charge in [-0.1, -0.05) is 147 Å². The molecule has 2 atom stereocenters. The molecule has 0 fully saturated rings. The van der Waals surface area contributed by atoms with E-state index in [-0.39, 0.29) is 34.5 Å². The lowest BCUT2D eigenvalue weighted by Crippen LogP contribution is -2.44. The first-order chi connectivity index (χ1) is 27.6. The molecule has 0 aromatic carbocycles. The molecule has 304 valence electrons. The van der Waals surface area contributed by atoms with Crippen LogP contribution >= 0.6 is 0 Å². The molecule has 58 heavy (non-hydrogen) atoms. The van der Waals surface area contributed by atoms with Crippen molar-refractivity contribution in [1.82, 2.24) is 20.6 Å². The molecule has 2 heterocycles. The van der Waals surface area contributed by atoms with Crippen LogP contribution in [0.4, 0.5) is 0 Å². The Balaban J connectivity index is 1.26. The van der Waals surface area contributed by atoms with Crippen LogP contribution in [0, 0.1) is 10.8 Å². The summed E-state index contributed by atoms with van der Waals surface area (Å²) in [7, 11) is 0. The number of nitrogens with one attached hydrogen (secondary N) is 2. The second kappa shape index (κ2) is 21.5. The fourth-order valence-corrected chi connectivity index (χ4v) is 7.49. The summed E-state index contributed by atoms with van der Waals surface area (Å²) in [5.41, 5.74) is 9.95. The molecule has 0 spiro atoms. The van der Waals surface area contributed by atoms with E-state index in [1.165, 1.54) is 0 Å². The quantitative estimate of drug-likeness (QED) is 0.165. The number of rotatable bonds is 16. The fraction of sp³-hybridized carbons (Fsp3) is 0.346. The minimum Gasteiger partial charge on any atom is -0.301 e. The van der Waals surface area contributed by atoms with E-state index in [9.17, 15) is 9.59 Å². The largest absolute Gasteiger partial charge is 0.301 e. The second-order valence-corrected chi connectivity index (χ2v) is 16.9. The minimum absolute atomic E-state index is 0.133. The number of aromatic nitrogens is 2. The van der Waals surface area contributed by atoms with Crippen LogP contribution in [0.5, 0.6) is 0 Å². The number of pyridine rings is 2. The van der Waals surface area contributed by atoms with Gasteiger partial charge >= 0.3 is 0 Å². The van der Waals surface area contributed by atoms with Gasteiger partial charge in [-0.05, 0) is 112 Å². The molecule has 2 unspecified atom stereocenters. The molecular weight excluding hydrogens is 713 g/mol. The van der Waals surface area contributed by atoms with Gasteiger partial charge in [-0.15, -0.1) is 0 Å². The monoisotopic (exact) mass is 777 g/mol. The topological polar surface area (TPSA) is 84.0 Å². The van der Waals surface area contributed by atoms with Crippen LogP contribution in [0.2, 0.25) is 0 Å². The highest BCUT2D eigenvalue weighted by Crippen LogP contribution is 2.41. The van der Waals surface area contributed by atoms with E-state index in [1.54, 1.807) is 12.4 Å². The first-order valence-electron chi connectivity index (χ1n) is 20.4. The van der Waals surface area contributed by atoms with Crippen molar-refractivity contribution in [2.24, 2.45) is 10.8 Å². The summed E-state index contributed by atoms with van der Waals surface area (Å²) >= 11 is 0. The second-order valence-electron chi connectivity index (χ2n) is 16.9. The molecule has 2 N–H and O–H groups in total. The fourth-order valence-electron chi connectivity index (χ4n) is 7.49. The number of allylic oxidation sites excluding steroid dienone is 20. The van der Waals surface area contributed by atoms with Gasteiger partial charge in [0.2, 0.25) is 0 Å². The van der Waals surface area contributed by atoms with Gasteiger partial charge in [0.1, 0.15) is 0 Å². The molecule has 0 aliphatic heterocycles. The normalized spacial score (nSPS) is 21.3. The van der Waals surface area contributed by atoms with Gasteiger partial charge in [0.05, 0.1) is 23.5 Å². The number of carbonyl (C=O) groups is 2. The molecule has 0 saturated carbocycles. The lowest BCUT2D eigenvalue weighted by atomic mass is 9.70. The van der Waals surface area contributed by atoms with Crippen molar-refractivity contribution in [1.29, 1.82) is 0 Å². The van der Waals surface area contributed by atoms with Crippen molar-refractivity contribution in [2.75, 3.05) is 0 Å². The Hall–Kier alpha value is -5.30. The maximum atomic E-state index is 13.3. The molecule has 0 bridgehead atoms. The van der Waals surface area contributed by atoms with Crippen LogP contribution in [0.1, 0.15) is 93.5 Å². The minimum atomic E-state index is -0.215. The lowest BCUT2D eigenvalue weighted by molar-refractivity contribution is -0.119. The number of nitrogens with zero attached hydrogens (tertiary/aromatic N) is 2. The molecule has 6 nitrogen and oxygen atoms in total. The van der Waals surface area contributed by atoms with Crippen molar-refractivity contribution >= 4 is 11.6 Å². The van der Waals surface area contributed by atoms with E-state index in [2.05, 4.69) is 161 Å². The maximum absolute atomic E-state index is 13.3. The maximum Gasteiger partial charge on any atom is 0.175 e. The zero-order chi connectivity index (χ0) is 42.3. The molecule has 0 radical (unpaired) electrons. The highest BCUT2D eigenvalue weighted by Gasteiger charge is 2.38. The third kappa shape index (κ3) is 13.7. The van der Waals surface area contributed by atoms with Crippen LogP contribution in [0.25, 0.3) is 0 Å². The molecule has 6 heteroatoms. The van der Waals surface area contributed by atoms with E-state index >= 15 is 0 Å². The molecule has 2 aromatic heterocycles. The zero-order valence-corrected chi connectivity index (χ0v) is 36.4. The summed E-state index contributed by atoms with van der Waals surface area (Å²) in [6.07, 6.45) is 34.3. The third-order valence-corrected chi connectivity index (χ3v) is 10.9. The standard InChI is InChI=1S/C52H64N4O2/c1-37(21-17-23-39(3)27-29-45-41(5)49(57)47(33-51(45,7)8)55-35-43-25-13-15-31-53-43)19-11-12-20-38(2)22-18-24-40(4)28-30-46-42(6)50(58)48(34-52(46,9)10)56-36-44-26-14-16-32-54-44/h11-32,47-48,55-56H,33-36H2,1-10H3/b12-11+,21-17+,22-18+,29-27+,30-28+,37-19+,38-20+,39-23+,40-24+. The first-order valence-corrected chi connectivity index (χ1v) is 20.4. The molecule has 2 aliphatic rings. The van der Waals surface area contributed by atoms with Gasteiger partial charge < -0.3 is 10.6 Å². The average molecular weight is 777 g/mol. The molecular formula is C52H64N4O2. The van der Waals surface area contributed by atoms with Crippen molar-refractivity contribution in [2.45, 2.75) is 107 Å². The van der Waals surface area contributed by atoms with Crippen LogP contribution in [-0.4, -0.2) is 33.6 Å². The molecule has 2 aliphatic carbocycles. The third-order valence-electron chi connectivity index (χ3n) is 10.9. The van der Waals surface area contributed by atoms with Crippen LogP contribution in [0.3, 0.4) is 0 Å². The Labute approximate surface area is 348 Å². The highest BCUT2D eigenvalue weighted by atomic mass is 16.1. The van der Waals surface area contributed by atoms with Gasteiger partial charge in [-0.2, -0.15) is 0 Å². The van der Waals surface area contributed by atoms with Crippen molar-refractivity contribution in [3.05, 3.63) is 190 Å². The molecule has 2 aromatic rings. The number of Topliss-reactive ketones (excluding diaryl/α,β-unsaturated/α-hetero) is 2. The number of hydrogen-bond donors (Lipinski definition) is 2. The summed E-state index contributed by atoms with van der Waals surface area (Å²) in [4.78, 5) is 35.3. The Morgan fingerprint density at radius 3 is 1.31 bits per heavy atom. The summed E-state index contributed by atoms with van der Waals surface area (Å²) in [6, 6.07) is 11.3. The number of hydrogen-bond acceptors (Lipinski definition) is 6. The summed E-state index contributed by atoms with van der Waals surface area (Å²) in [6.45, 7) is 22.2. The van der Waals surface area contributed by atoms with Crippen molar-refractivity contribution in [3.63, 3.8) is 0 Å². The van der Waals surface area contributed by atoms with Crippen LogP contribution in [0.15, 0.2) is 178 Å². The molecule has 4 rings (SSSR count). The van der Waals surface area contributed by atoms with Crippen molar-refractivity contribution < 1.29 is 9.59 Å². The smallest absolute Gasteiger partial charge is 0.175 e. The van der Waals surface area contributed by atoms with Crippen LogP contribution in [-0.2, 0) is 22.7 Å². The van der Waals surface area contributed by atoms with E-state index in [4.69, 9.17) is 0 Å². The van der Waals surface area contributed by atoms with E-state index in [0.717, 1.165) is 68.8 Å². The Morgan fingerprint density at radius 1 is 0.586 bits per heavy atom. The lowest BCUT2D eigenvalue weighted by Gasteiger charge is -2.37. The highest BCUT2D eigenvalue weighted by molar-refractivity contribution is 6.02. The van der Waals surface area contributed by atoms with E-state index in [0.29, 0.717) is 13.1 Å². The summed E-state index contributed by atoms with van der Waals surface area (Å²) < 4.78 is 0. The van der Waals surface area contributed by atoms with Gasteiger partial charge in [-0.25, -0.2) is 0 Å². The van der Waals surface area contributed by atoms with E-state index in [1.807, 2.05) is 50.2 Å². The molecule has 0 amide bonds. The predicted molar refractivity (Wildman–Crippen MR) is 243 cm³/mol. The van der Waals surface area contributed by atoms with Crippen molar-refractivity contribution in [3.8, 4) is 0 Å². The first kappa shape index (κ1) is 45.4. The summed E-state index contributed by atoms with van der Waals surface area (Å²) in [5, 5.41) is 6.87. The van der Waals surface area contributed by atoms with E-state index < -0.39 is 0 Å². The van der Waals surface area contributed by atoms with Gasteiger partial charge in [0, 0.05) is 25.5 Å². The number of carbonyl (C=O) groups excluding carboxylic acids is 2. The summed E-state index contributed by atoms with van der Waals surface area (Å²) in [5.74, 6) is 0.323. The molecule has 0 saturated heterocycles. The van der Waals surface area contributed by atoms with Crippen LogP contribution < -0.4 is 10.6 Å². The Kier molecular flexibility index (Phi) is 16.8. The SMILES string of the molecule is CC1=C(/C=C/C(C)=C/C=C/C(C)=C/C=C/C=C(C)/C=C/C=C(C)/C=C/C2=C(C)C(=O)C(NCc3ccccn3)CC2(C)C)C(C)(C)CC(NCc2ccccn2)C1=O. The predicted octanol–water partition coefficient (Wildman–Crippen LogP) is 11.3. The average Bonchev–Trinajstić information content (AvgIpc) is 3.18. The number of ketones is 2.